The van der Waals surface area contributed by atoms with E-state index in [-0.39, 0.29) is 35.3 Å². The van der Waals surface area contributed by atoms with Gasteiger partial charge in [-0.25, -0.2) is 9.18 Å². The number of hydrogen-bond acceptors (Lipinski definition) is 6. The zero-order chi connectivity index (χ0) is 22.0. The summed E-state index contributed by atoms with van der Waals surface area (Å²) in [6.07, 6.45) is -0.0474. The largest absolute Gasteiger partial charge is 0.388 e. The molecule has 0 radical (unpaired) electrons. The topological polar surface area (TPSA) is 103 Å². The number of rotatable bonds is 7. The second-order valence-electron chi connectivity index (χ2n) is 6.86. The van der Waals surface area contributed by atoms with E-state index in [0.717, 1.165) is 10.6 Å². The van der Waals surface area contributed by atoms with Crippen LogP contribution in [0.15, 0.2) is 32.3 Å². The highest BCUT2D eigenvalue weighted by molar-refractivity contribution is 6.30. The first-order valence-corrected chi connectivity index (χ1v) is 9.90. The Morgan fingerprint density at radius 3 is 2.63 bits per heavy atom. The molecule has 0 unspecified atom stereocenters. The smallest absolute Gasteiger partial charge is 0.331 e. The summed E-state index contributed by atoms with van der Waals surface area (Å²) in [6, 6.07) is 3.99. The van der Waals surface area contributed by atoms with E-state index in [1.54, 1.807) is 7.05 Å². The molecule has 0 aliphatic rings. The van der Waals surface area contributed by atoms with E-state index in [9.17, 15) is 19.1 Å². The Hall–Kier alpha value is -2.78. The molecule has 1 N–H and O–H groups in total. The molecule has 1 atom stereocenters. The fourth-order valence-corrected chi connectivity index (χ4v) is 3.52. The van der Waals surface area contributed by atoms with E-state index in [0.29, 0.717) is 29.7 Å². The SMILES string of the molecule is CCc1c(CC)n(C)c(=O)n(Cc2nc(C[C@H](O)c3ccc(Cl)c(F)c3)no2)c1=O. The van der Waals surface area contributed by atoms with Gasteiger partial charge in [-0.15, -0.1) is 0 Å². The van der Waals surface area contributed by atoms with Gasteiger partial charge in [0.05, 0.1) is 11.1 Å². The van der Waals surface area contributed by atoms with Crippen LogP contribution in [-0.2, 0) is 32.9 Å². The molecule has 0 aliphatic carbocycles. The first-order valence-electron chi connectivity index (χ1n) is 9.52. The number of aliphatic hydroxyl groups excluding tert-OH is 1. The second-order valence-corrected chi connectivity index (χ2v) is 7.27. The molecule has 0 saturated carbocycles. The minimum Gasteiger partial charge on any atom is -0.388 e. The van der Waals surface area contributed by atoms with Crippen molar-refractivity contribution in [3.8, 4) is 0 Å². The second kappa shape index (κ2) is 8.93. The standard InChI is InChI=1S/C20H22ClFN4O4/c1-4-12-15(5-2)25(3)20(29)26(19(12)28)10-18-23-17(24-30-18)9-16(27)11-6-7-13(21)14(22)8-11/h6-8,16,27H,4-5,9-10H2,1-3H3/t16-/m0/s1. The molecular formula is C20H22ClFN4O4. The number of benzene rings is 1. The van der Waals surface area contributed by atoms with Gasteiger partial charge in [0.25, 0.3) is 5.56 Å². The van der Waals surface area contributed by atoms with E-state index in [4.69, 9.17) is 16.1 Å². The molecule has 3 rings (SSSR count). The van der Waals surface area contributed by atoms with Crippen LogP contribution < -0.4 is 11.2 Å². The van der Waals surface area contributed by atoms with Crippen LogP contribution in [0, 0.1) is 5.82 Å². The molecule has 2 heterocycles. The van der Waals surface area contributed by atoms with Gasteiger partial charge in [0.15, 0.2) is 5.82 Å². The Bertz CT molecular complexity index is 1180. The fraction of sp³-hybridized carbons (Fsp3) is 0.400. The van der Waals surface area contributed by atoms with Crippen molar-refractivity contribution in [1.29, 1.82) is 0 Å². The summed E-state index contributed by atoms with van der Waals surface area (Å²) in [7, 11) is 1.62. The van der Waals surface area contributed by atoms with E-state index < -0.39 is 17.6 Å². The Morgan fingerprint density at radius 1 is 1.27 bits per heavy atom. The van der Waals surface area contributed by atoms with Crippen LogP contribution in [0.25, 0.3) is 0 Å². The highest BCUT2D eigenvalue weighted by Crippen LogP contribution is 2.22. The van der Waals surface area contributed by atoms with Crippen molar-refractivity contribution in [3.63, 3.8) is 0 Å². The van der Waals surface area contributed by atoms with Crippen LogP contribution in [0.5, 0.6) is 0 Å². The molecule has 1 aromatic carbocycles. The molecule has 0 bridgehead atoms. The molecule has 0 fully saturated rings. The van der Waals surface area contributed by atoms with Gasteiger partial charge >= 0.3 is 5.69 Å². The van der Waals surface area contributed by atoms with Crippen molar-refractivity contribution >= 4 is 11.6 Å². The summed E-state index contributed by atoms with van der Waals surface area (Å²) in [5.74, 6) is -0.414. The molecule has 2 aromatic heterocycles. The number of nitrogens with zero attached hydrogens (tertiary/aromatic N) is 4. The zero-order valence-electron chi connectivity index (χ0n) is 16.9. The fourth-order valence-electron chi connectivity index (χ4n) is 3.40. The summed E-state index contributed by atoms with van der Waals surface area (Å²) < 4.78 is 21.3. The highest BCUT2D eigenvalue weighted by atomic mass is 35.5. The van der Waals surface area contributed by atoms with Gasteiger partial charge in [0, 0.05) is 24.7 Å². The maximum atomic E-state index is 13.6. The van der Waals surface area contributed by atoms with Crippen LogP contribution in [0.2, 0.25) is 5.02 Å². The number of aromatic nitrogens is 4. The van der Waals surface area contributed by atoms with Gasteiger partial charge < -0.3 is 14.2 Å². The van der Waals surface area contributed by atoms with Gasteiger partial charge in [-0.1, -0.05) is 36.7 Å². The maximum absolute atomic E-state index is 13.6. The molecule has 8 nitrogen and oxygen atoms in total. The molecule has 3 aromatic rings. The number of halogens is 2. The molecule has 30 heavy (non-hydrogen) atoms. The average Bonchev–Trinajstić information content (AvgIpc) is 3.16. The van der Waals surface area contributed by atoms with E-state index in [1.165, 1.54) is 16.7 Å². The monoisotopic (exact) mass is 436 g/mol. The van der Waals surface area contributed by atoms with Gasteiger partial charge in [-0.05, 0) is 30.5 Å². The van der Waals surface area contributed by atoms with E-state index in [1.807, 2.05) is 13.8 Å². The third-order valence-electron chi connectivity index (χ3n) is 4.97. The minimum atomic E-state index is -1.08. The lowest BCUT2D eigenvalue weighted by Gasteiger charge is -2.13. The predicted molar refractivity (Wildman–Crippen MR) is 108 cm³/mol. The number of aliphatic hydroxyl groups is 1. The Labute approximate surface area is 176 Å². The van der Waals surface area contributed by atoms with Crippen LogP contribution in [0.4, 0.5) is 4.39 Å². The molecule has 0 aliphatic heterocycles. The quantitative estimate of drug-likeness (QED) is 0.608. The third-order valence-corrected chi connectivity index (χ3v) is 5.28. The first kappa shape index (κ1) is 21.9. The van der Waals surface area contributed by atoms with Crippen molar-refractivity contribution in [1.82, 2.24) is 19.3 Å². The predicted octanol–water partition coefficient (Wildman–Crippen LogP) is 2.17. The molecular weight excluding hydrogens is 415 g/mol. The first-order chi connectivity index (χ1) is 14.3. The average molecular weight is 437 g/mol. The molecule has 0 amide bonds. The maximum Gasteiger partial charge on any atom is 0.331 e. The van der Waals surface area contributed by atoms with Crippen LogP contribution in [0.3, 0.4) is 0 Å². The van der Waals surface area contributed by atoms with Gasteiger partial charge in [0.2, 0.25) is 5.89 Å². The van der Waals surface area contributed by atoms with Crippen molar-refractivity contribution in [2.24, 2.45) is 7.05 Å². The minimum absolute atomic E-state index is 0.0353. The molecule has 0 spiro atoms. The lowest BCUT2D eigenvalue weighted by atomic mass is 10.1. The van der Waals surface area contributed by atoms with Crippen molar-refractivity contribution < 1.29 is 14.0 Å². The van der Waals surface area contributed by atoms with Gasteiger partial charge in [-0.2, -0.15) is 4.98 Å². The lowest BCUT2D eigenvalue weighted by Crippen LogP contribution is -2.42. The summed E-state index contributed by atoms with van der Waals surface area (Å²) in [5, 5.41) is 14.0. The zero-order valence-corrected chi connectivity index (χ0v) is 17.6. The molecule has 10 heteroatoms. The van der Waals surface area contributed by atoms with Crippen LogP contribution in [-0.4, -0.2) is 24.4 Å². The van der Waals surface area contributed by atoms with Gasteiger partial charge in [-0.3, -0.25) is 9.36 Å². The van der Waals surface area contributed by atoms with Crippen molar-refractivity contribution in [2.45, 2.75) is 45.8 Å². The number of hydrogen-bond donors (Lipinski definition) is 1. The van der Waals surface area contributed by atoms with Crippen molar-refractivity contribution in [3.05, 3.63) is 78.4 Å². The summed E-state index contributed by atoms with van der Waals surface area (Å²) >= 11 is 5.65. The Morgan fingerprint density at radius 2 is 2.00 bits per heavy atom. The molecule has 0 saturated heterocycles. The van der Waals surface area contributed by atoms with E-state index >= 15 is 0 Å². The summed E-state index contributed by atoms with van der Waals surface area (Å²) in [6.45, 7) is 3.57. The highest BCUT2D eigenvalue weighted by Gasteiger charge is 2.19. The molecule has 160 valence electrons. The van der Waals surface area contributed by atoms with Crippen LogP contribution in [0.1, 0.15) is 48.5 Å². The Balaban J connectivity index is 1.84. The van der Waals surface area contributed by atoms with E-state index in [2.05, 4.69) is 10.1 Å². The lowest BCUT2D eigenvalue weighted by molar-refractivity contribution is 0.174. The van der Waals surface area contributed by atoms with Crippen molar-refractivity contribution in [2.75, 3.05) is 0 Å². The normalized spacial score (nSPS) is 12.3. The Kier molecular flexibility index (Phi) is 6.52. The van der Waals surface area contributed by atoms with Crippen LogP contribution >= 0.6 is 11.6 Å². The van der Waals surface area contributed by atoms with Gasteiger partial charge in [0.1, 0.15) is 12.4 Å². The summed E-state index contributed by atoms with van der Waals surface area (Å²) in [4.78, 5) is 29.5. The summed E-state index contributed by atoms with van der Waals surface area (Å²) in [5.41, 5.74) is 0.739. The third kappa shape index (κ3) is 4.22.